The molecule has 0 aromatic heterocycles. The fraction of sp³-hybridized carbons (Fsp3) is 0.500. The first-order valence-corrected chi connectivity index (χ1v) is 6.26. The third-order valence-corrected chi connectivity index (χ3v) is 2.95. The summed E-state index contributed by atoms with van der Waals surface area (Å²) in [6.45, 7) is 2.77. The minimum absolute atomic E-state index is 0.373. The quantitative estimate of drug-likeness (QED) is 0.874. The van der Waals surface area contributed by atoms with Crippen LogP contribution >= 0.6 is 0 Å². The number of alkyl halides is 3. The number of likely N-dealkylation sites (N-methyl/N-ethyl adjacent to an activating group) is 1. The van der Waals surface area contributed by atoms with Gasteiger partial charge in [-0.25, -0.2) is 0 Å². The number of ether oxygens (including phenoxy) is 1. The van der Waals surface area contributed by atoms with Crippen molar-refractivity contribution in [1.29, 1.82) is 5.26 Å². The summed E-state index contributed by atoms with van der Waals surface area (Å²) in [6, 6.07) is 10.6. The first kappa shape index (κ1) is 16.5. The Morgan fingerprint density at radius 2 is 1.90 bits per heavy atom. The van der Waals surface area contributed by atoms with E-state index < -0.39 is 17.8 Å². The Hall–Kier alpha value is -1.58. The smallest absolute Gasteiger partial charge is 0.366 e. The summed E-state index contributed by atoms with van der Waals surface area (Å²) >= 11 is 0. The average molecular weight is 286 g/mol. The predicted octanol–water partition coefficient (Wildman–Crippen LogP) is 2.98. The molecule has 1 N–H and O–H groups in total. The van der Waals surface area contributed by atoms with Gasteiger partial charge in [0, 0.05) is 0 Å². The summed E-state index contributed by atoms with van der Waals surface area (Å²) in [7, 11) is 0. The number of hydrogen-bond donors (Lipinski definition) is 1. The van der Waals surface area contributed by atoms with Gasteiger partial charge in [-0.2, -0.15) is 18.4 Å². The van der Waals surface area contributed by atoms with Crippen LogP contribution in [-0.4, -0.2) is 25.4 Å². The van der Waals surface area contributed by atoms with E-state index in [-0.39, 0.29) is 6.61 Å². The van der Waals surface area contributed by atoms with E-state index in [4.69, 9.17) is 4.74 Å². The molecule has 3 nitrogen and oxygen atoms in total. The van der Waals surface area contributed by atoms with Crippen molar-refractivity contribution in [1.82, 2.24) is 5.32 Å². The average Bonchev–Trinajstić information content (AvgIpc) is 2.43. The summed E-state index contributed by atoms with van der Waals surface area (Å²) in [5.41, 5.74) is -0.700. The zero-order chi connectivity index (χ0) is 15.2. The van der Waals surface area contributed by atoms with Crippen molar-refractivity contribution in [3.05, 3.63) is 35.9 Å². The van der Waals surface area contributed by atoms with Crippen LogP contribution in [0.2, 0.25) is 0 Å². The van der Waals surface area contributed by atoms with Crippen molar-refractivity contribution in [2.45, 2.75) is 31.7 Å². The zero-order valence-corrected chi connectivity index (χ0v) is 11.4. The number of nitrogens with one attached hydrogen (secondary N) is 1. The molecule has 6 heteroatoms. The Kier molecular flexibility index (Phi) is 5.54. The molecule has 0 aliphatic heterocycles. The third-order valence-electron chi connectivity index (χ3n) is 2.95. The van der Waals surface area contributed by atoms with Gasteiger partial charge in [0.05, 0.1) is 12.7 Å². The van der Waals surface area contributed by atoms with Crippen LogP contribution in [-0.2, 0) is 10.3 Å². The minimum atomic E-state index is -4.44. The summed E-state index contributed by atoms with van der Waals surface area (Å²) in [4.78, 5) is 0. The maximum Gasteiger partial charge on any atom is 0.414 e. The van der Waals surface area contributed by atoms with Crippen LogP contribution < -0.4 is 5.32 Å². The van der Waals surface area contributed by atoms with Gasteiger partial charge in [-0.1, -0.05) is 37.3 Å². The Morgan fingerprint density at radius 1 is 1.30 bits per heavy atom. The predicted molar refractivity (Wildman–Crippen MR) is 68.9 cm³/mol. The van der Waals surface area contributed by atoms with Crippen molar-refractivity contribution >= 4 is 0 Å². The van der Waals surface area contributed by atoms with E-state index in [1.165, 1.54) is 0 Å². The van der Waals surface area contributed by atoms with Crippen LogP contribution in [0.1, 0.15) is 19.4 Å². The molecule has 1 rings (SSSR count). The highest BCUT2D eigenvalue weighted by atomic mass is 19.4. The summed E-state index contributed by atoms with van der Waals surface area (Å²) < 4.78 is 42.3. The van der Waals surface area contributed by atoms with Crippen LogP contribution in [0.25, 0.3) is 0 Å². The van der Waals surface area contributed by atoms with Gasteiger partial charge in [-0.3, -0.25) is 5.32 Å². The van der Waals surface area contributed by atoms with Crippen molar-refractivity contribution in [3.63, 3.8) is 0 Å². The summed E-state index contributed by atoms with van der Waals surface area (Å²) in [6.07, 6.45) is -6.36. The number of nitriles is 1. The molecule has 0 aliphatic carbocycles. The van der Waals surface area contributed by atoms with E-state index in [1.54, 1.807) is 37.3 Å². The van der Waals surface area contributed by atoms with Crippen LogP contribution in [0.5, 0.6) is 0 Å². The molecule has 2 atom stereocenters. The van der Waals surface area contributed by atoms with Gasteiger partial charge < -0.3 is 4.74 Å². The Labute approximate surface area is 116 Å². The van der Waals surface area contributed by atoms with Gasteiger partial charge in [0.2, 0.25) is 0 Å². The fourth-order valence-corrected chi connectivity index (χ4v) is 1.74. The van der Waals surface area contributed by atoms with E-state index in [2.05, 4.69) is 5.32 Å². The molecule has 1 aromatic carbocycles. The number of hydrogen-bond acceptors (Lipinski definition) is 3. The van der Waals surface area contributed by atoms with Gasteiger partial charge >= 0.3 is 6.18 Å². The highest BCUT2D eigenvalue weighted by Crippen LogP contribution is 2.26. The molecule has 0 spiro atoms. The molecule has 2 unspecified atom stereocenters. The Morgan fingerprint density at radius 3 is 2.35 bits per heavy atom. The Bertz CT molecular complexity index is 456. The van der Waals surface area contributed by atoms with Gasteiger partial charge in [-0.05, 0) is 19.0 Å². The van der Waals surface area contributed by atoms with Crippen LogP contribution in [0, 0.1) is 11.3 Å². The standard InChI is InChI=1S/C14H17F3N2O/c1-3-19-13(9-18,12-7-5-4-6-8-12)10-20-11(2)14(15,16)17/h4-8,11,19H,3,10H2,1-2H3. The van der Waals surface area contributed by atoms with Crippen LogP contribution in [0.4, 0.5) is 13.2 Å². The lowest BCUT2D eigenvalue weighted by molar-refractivity contribution is -0.217. The number of benzene rings is 1. The van der Waals surface area contributed by atoms with E-state index >= 15 is 0 Å². The molecule has 1 aromatic rings. The maximum atomic E-state index is 12.5. The molecule has 110 valence electrons. The lowest BCUT2D eigenvalue weighted by Crippen LogP contribution is -2.47. The second-order valence-corrected chi connectivity index (χ2v) is 4.41. The SMILES string of the molecule is CCNC(C#N)(COC(C)C(F)(F)F)c1ccccc1. The molecule has 0 aliphatic rings. The highest BCUT2D eigenvalue weighted by Gasteiger charge is 2.40. The topological polar surface area (TPSA) is 45.0 Å². The lowest BCUT2D eigenvalue weighted by Gasteiger charge is -2.29. The minimum Gasteiger partial charge on any atom is -0.366 e. The zero-order valence-electron chi connectivity index (χ0n) is 11.4. The molecule has 0 saturated carbocycles. The molecular formula is C14H17F3N2O. The van der Waals surface area contributed by atoms with E-state index in [0.29, 0.717) is 12.1 Å². The van der Waals surface area contributed by atoms with E-state index in [0.717, 1.165) is 6.92 Å². The fourth-order valence-electron chi connectivity index (χ4n) is 1.74. The highest BCUT2D eigenvalue weighted by molar-refractivity contribution is 5.31. The molecular weight excluding hydrogens is 269 g/mol. The molecule has 0 bridgehead atoms. The number of rotatable bonds is 6. The molecule has 20 heavy (non-hydrogen) atoms. The number of nitrogens with zero attached hydrogens (tertiary/aromatic N) is 1. The first-order valence-electron chi connectivity index (χ1n) is 6.26. The molecule has 0 amide bonds. The molecule has 0 fully saturated rings. The van der Waals surface area contributed by atoms with Crippen LogP contribution in [0.3, 0.4) is 0 Å². The maximum absolute atomic E-state index is 12.5. The van der Waals surface area contributed by atoms with Gasteiger partial charge in [0.15, 0.2) is 11.6 Å². The number of halogens is 3. The van der Waals surface area contributed by atoms with Crippen molar-refractivity contribution in [3.8, 4) is 6.07 Å². The van der Waals surface area contributed by atoms with Crippen molar-refractivity contribution in [2.24, 2.45) is 0 Å². The second kappa shape index (κ2) is 6.73. The molecule has 0 radical (unpaired) electrons. The largest absolute Gasteiger partial charge is 0.414 e. The third kappa shape index (κ3) is 3.95. The normalized spacial score (nSPS) is 16.2. The molecule has 0 saturated heterocycles. The van der Waals surface area contributed by atoms with Crippen molar-refractivity contribution in [2.75, 3.05) is 13.2 Å². The molecule has 0 heterocycles. The second-order valence-electron chi connectivity index (χ2n) is 4.41. The van der Waals surface area contributed by atoms with Gasteiger partial charge in [-0.15, -0.1) is 0 Å². The summed E-state index contributed by atoms with van der Waals surface area (Å²) in [5, 5.41) is 12.3. The van der Waals surface area contributed by atoms with E-state index in [1.807, 2.05) is 6.07 Å². The van der Waals surface area contributed by atoms with Gasteiger partial charge in [0.1, 0.15) is 0 Å². The summed E-state index contributed by atoms with van der Waals surface area (Å²) in [5.74, 6) is 0. The monoisotopic (exact) mass is 286 g/mol. The van der Waals surface area contributed by atoms with Gasteiger partial charge in [0.25, 0.3) is 0 Å². The van der Waals surface area contributed by atoms with E-state index in [9.17, 15) is 18.4 Å². The lowest BCUT2D eigenvalue weighted by atomic mass is 9.92. The Balaban J connectivity index is 2.94. The van der Waals surface area contributed by atoms with Crippen molar-refractivity contribution < 1.29 is 17.9 Å². The van der Waals surface area contributed by atoms with Crippen LogP contribution in [0.15, 0.2) is 30.3 Å². The first-order chi connectivity index (χ1) is 9.35.